The number of nitrogens with two attached hydrogens (primary N) is 1. The summed E-state index contributed by atoms with van der Waals surface area (Å²) in [6.45, 7) is 2.50. The molecule has 8 heteroatoms. The maximum atomic E-state index is 14.7. The summed E-state index contributed by atoms with van der Waals surface area (Å²) in [6.07, 6.45) is 1.79. The number of carbonyl (C=O) groups excluding carboxylic acids is 1. The maximum Gasteiger partial charge on any atom is 0.224 e. The van der Waals surface area contributed by atoms with Crippen molar-refractivity contribution in [3.63, 3.8) is 0 Å². The van der Waals surface area contributed by atoms with Crippen molar-refractivity contribution in [2.45, 2.75) is 38.5 Å². The third-order valence-electron chi connectivity index (χ3n) is 6.48. The number of hydrogen-bond donors (Lipinski definition) is 5. The number of aliphatic hydroxyl groups is 1. The summed E-state index contributed by atoms with van der Waals surface area (Å²) in [5.74, 6) is -0.0326. The van der Waals surface area contributed by atoms with Crippen molar-refractivity contribution in [1.82, 2.24) is 15.6 Å². The van der Waals surface area contributed by atoms with Crippen LogP contribution >= 0.6 is 0 Å². The average molecular weight is 529 g/mol. The highest BCUT2D eigenvalue weighted by molar-refractivity contribution is 5.78. The first-order valence-corrected chi connectivity index (χ1v) is 12.8. The van der Waals surface area contributed by atoms with Gasteiger partial charge in [0.15, 0.2) is 0 Å². The Kier molecular flexibility index (Phi) is 9.25. The van der Waals surface area contributed by atoms with Gasteiger partial charge in [-0.1, -0.05) is 54.6 Å². The summed E-state index contributed by atoms with van der Waals surface area (Å²) in [7, 11) is 0. The number of halogens is 1. The Balaban J connectivity index is 1.25. The van der Waals surface area contributed by atoms with E-state index in [0.29, 0.717) is 29.1 Å². The molecule has 0 bridgehead atoms. The number of aromatic nitrogens is 1. The number of phenolic OH excluding ortho intramolecular Hbond substituents is 1. The van der Waals surface area contributed by atoms with Crippen LogP contribution in [0, 0.1) is 5.82 Å². The molecule has 0 saturated heterocycles. The maximum absolute atomic E-state index is 14.7. The number of amides is 1. The van der Waals surface area contributed by atoms with Crippen molar-refractivity contribution in [2.24, 2.45) is 0 Å². The SMILES string of the molecule is C[C@H](Cc1cccc(CC(=O)NCc2ccc(-c3ccc(O)cc3)cc2F)c1)NC[C@H](O)c1ccc(N)nc1. The van der Waals surface area contributed by atoms with Crippen LogP contribution in [0.25, 0.3) is 11.1 Å². The summed E-state index contributed by atoms with van der Waals surface area (Å²) in [5.41, 5.74) is 10.1. The van der Waals surface area contributed by atoms with Gasteiger partial charge in [-0.3, -0.25) is 4.79 Å². The zero-order valence-electron chi connectivity index (χ0n) is 21.8. The van der Waals surface area contributed by atoms with E-state index >= 15 is 0 Å². The number of aliphatic hydroxyl groups excluding tert-OH is 1. The minimum Gasteiger partial charge on any atom is -0.508 e. The lowest BCUT2D eigenvalue weighted by atomic mass is 10.0. The second-order valence-corrected chi connectivity index (χ2v) is 9.67. The van der Waals surface area contributed by atoms with E-state index in [-0.39, 0.29) is 30.7 Å². The second kappa shape index (κ2) is 13.0. The predicted octanol–water partition coefficient (Wildman–Crippen LogP) is 4.29. The van der Waals surface area contributed by atoms with Crippen molar-refractivity contribution < 1.29 is 19.4 Å². The van der Waals surface area contributed by atoms with E-state index in [1.54, 1.807) is 54.7 Å². The molecule has 4 aromatic rings. The second-order valence-electron chi connectivity index (χ2n) is 9.67. The molecule has 7 nitrogen and oxygen atoms in total. The smallest absolute Gasteiger partial charge is 0.224 e. The van der Waals surface area contributed by atoms with Gasteiger partial charge in [0.2, 0.25) is 5.91 Å². The third kappa shape index (κ3) is 8.10. The highest BCUT2D eigenvalue weighted by Crippen LogP contribution is 2.24. The third-order valence-corrected chi connectivity index (χ3v) is 6.48. The fraction of sp³-hybridized carbons (Fsp3) is 0.226. The predicted molar refractivity (Wildman–Crippen MR) is 150 cm³/mol. The van der Waals surface area contributed by atoms with E-state index in [4.69, 9.17) is 5.73 Å². The van der Waals surface area contributed by atoms with Gasteiger partial charge in [-0.2, -0.15) is 0 Å². The number of aromatic hydroxyl groups is 1. The molecule has 0 saturated carbocycles. The topological polar surface area (TPSA) is 120 Å². The van der Waals surface area contributed by atoms with Crippen molar-refractivity contribution >= 4 is 11.7 Å². The highest BCUT2D eigenvalue weighted by atomic mass is 19.1. The highest BCUT2D eigenvalue weighted by Gasteiger charge is 2.12. The van der Waals surface area contributed by atoms with Gasteiger partial charge in [-0.05, 0) is 59.9 Å². The number of hydrogen-bond acceptors (Lipinski definition) is 6. The normalized spacial score (nSPS) is 12.6. The molecule has 3 aromatic carbocycles. The number of nitrogen functional groups attached to an aromatic ring is 1. The molecular weight excluding hydrogens is 495 g/mol. The fourth-order valence-corrected chi connectivity index (χ4v) is 4.30. The largest absolute Gasteiger partial charge is 0.508 e. The minimum atomic E-state index is -0.690. The van der Waals surface area contributed by atoms with Crippen LogP contribution in [-0.2, 0) is 24.2 Å². The van der Waals surface area contributed by atoms with Crippen LogP contribution in [0.5, 0.6) is 5.75 Å². The Hall–Kier alpha value is -4.27. The van der Waals surface area contributed by atoms with Gasteiger partial charge < -0.3 is 26.6 Å². The zero-order valence-corrected chi connectivity index (χ0v) is 21.8. The van der Waals surface area contributed by atoms with Crippen LogP contribution < -0.4 is 16.4 Å². The van der Waals surface area contributed by atoms with E-state index in [0.717, 1.165) is 23.1 Å². The van der Waals surface area contributed by atoms with Gasteiger partial charge >= 0.3 is 0 Å². The van der Waals surface area contributed by atoms with Crippen molar-refractivity contribution in [1.29, 1.82) is 0 Å². The van der Waals surface area contributed by atoms with Crippen LogP contribution in [-0.4, -0.2) is 33.7 Å². The Labute approximate surface area is 227 Å². The number of carbonyl (C=O) groups is 1. The molecule has 1 amide bonds. The van der Waals surface area contributed by atoms with Crippen molar-refractivity contribution in [3.8, 4) is 16.9 Å². The van der Waals surface area contributed by atoms with Crippen LogP contribution in [0.15, 0.2) is 85.1 Å². The molecule has 4 rings (SSSR count). The Morgan fingerprint density at radius 3 is 2.46 bits per heavy atom. The van der Waals surface area contributed by atoms with E-state index in [9.17, 15) is 19.4 Å². The monoisotopic (exact) mass is 528 g/mol. The number of nitrogens with zero attached hydrogens (tertiary/aromatic N) is 1. The Morgan fingerprint density at radius 2 is 1.74 bits per heavy atom. The molecule has 1 aromatic heterocycles. The number of anilines is 1. The van der Waals surface area contributed by atoms with Crippen molar-refractivity contribution in [2.75, 3.05) is 12.3 Å². The van der Waals surface area contributed by atoms with Crippen LogP contribution in [0.2, 0.25) is 0 Å². The molecule has 0 aliphatic carbocycles. The number of rotatable bonds is 11. The number of nitrogens with one attached hydrogen (secondary N) is 2. The van der Waals surface area contributed by atoms with E-state index in [2.05, 4.69) is 15.6 Å². The van der Waals surface area contributed by atoms with Gasteiger partial charge in [0, 0.05) is 36.5 Å². The lowest BCUT2D eigenvalue weighted by Crippen LogP contribution is -2.32. The summed E-state index contributed by atoms with van der Waals surface area (Å²) >= 11 is 0. The number of phenols is 1. The molecule has 0 radical (unpaired) electrons. The molecule has 0 unspecified atom stereocenters. The average Bonchev–Trinajstić information content (AvgIpc) is 2.92. The van der Waals surface area contributed by atoms with E-state index in [1.165, 1.54) is 6.07 Å². The Bertz CT molecular complexity index is 1390. The molecule has 1 heterocycles. The molecule has 6 N–H and O–H groups in total. The van der Waals surface area contributed by atoms with Gasteiger partial charge in [0.05, 0.1) is 12.5 Å². The first kappa shape index (κ1) is 27.8. The molecule has 0 fully saturated rings. The number of benzene rings is 3. The molecule has 39 heavy (non-hydrogen) atoms. The van der Waals surface area contributed by atoms with E-state index in [1.807, 2.05) is 31.2 Å². The standard InChI is InChI=1S/C31H33FN4O3/c1-20(34-19-29(38)26-9-12-30(33)35-18-26)13-21-3-2-4-22(14-21)15-31(39)36-17-25-6-5-24(16-28(25)32)23-7-10-27(37)11-8-23/h2-12,14,16,18,20,29,34,37-38H,13,15,17,19H2,1H3,(H2,33,35)(H,36,39)/t20-,29+/m1/s1. The van der Waals surface area contributed by atoms with Gasteiger partial charge in [-0.15, -0.1) is 0 Å². The molecule has 0 aliphatic rings. The minimum absolute atomic E-state index is 0.0903. The summed E-state index contributed by atoms with van der Waals surface area (Å²) in [5, 5.41) is 25.9. The lowest BCUT2D eigenvalue weighted by Gasteiger charge is -2.18. The first-order valence-electron chi connectivity index (χ1n) is 12.8. The van der Waals surface area contributed by atoms with E-state index < -0.39 is 11.9 Å². The quantitative estimate of drug-likeness (QED) is 0.198. The molecule has 0 spiro atoms. The summed E-state index contributed by atoms with van der Waals surface area (Å²) < 4.78 is 14.7. The van der Waals surface area contributed by atoms with Crippen LogP contribution in [0.3, 0.4) is 0 Å². The lowest BCUT2D eigenvalue weighted by molar-refractivity contribution is -0.120. The van der Waals surface area contributed by atoms with Crippen LogP contribution in [0.4, 0.5) is 10.2 Å². The fourth-order valence-electron chi connectivity index (χ4n) is 4.30. The zero-order chi connectivity index (χ0) is 27.8. The number of pyridine rings is 1. The van der Waals surface area contributed by atoms with Crippen LogP contribution in [0.1, 0.15) is 35.3 Å². The summed E-state index contributed by atoms with van der Waals surface area (Å²) in [6, 6.07) is 22.8. The van der Waals surface area contributed by atoms with Gasteiger partial charge in [-0.25, -0.2) is 9.37 Å². The van der Waals surface area contributed by atoms with Crippen molar-refractivity contribution in [3.05, 3.63) is 113 Å². The molecule has 202 valence electrons. The summed E-state index contributed by atoms with van der Waals surface area (Å²) in [4.78, 5) is 16.6. The Morgan fingerprint density at radius 1 is 1.00 bits per heavy atom. The van der Waals surface area contributed by atoms with Gasteiger partial charge in [0.1, 0.15) is 17.4 Å². The molecule has 2 atom stereocenters. The van der Waals surface area contributed by atoms with Gasteiger partial charge in [0.25, 0.3) is 0 Å². The molecular formula is C31H33FN4O3. The first-order chi connectivity index (χ1) is 18.8. The molecule has 0 aliphatic heterocycles.